The maximum Gasteiger partial charge on any atom is 0.0277 e. The van der Waals surface area contributed by atoms with E-state index in [0.717, 1.165) is 29.6 Å². The predicted octanol–water partition coefficient (Wildman–Crippen LogP) is 7.59. The van der Waals surface area contributed by atoms with Crippen LogP contribution in [-0.4, -0.2) is 13.3 Å². The standard InChI is InChI=1S/C27H41N/c1-6-9-10-11-12-13-14-16-25-23(8-3)22-19-26(27(25)20-22)24(17-18-28-5)21(4)15-7-2/h6-7,9-13,15,17-18,21-23,25-27H,8,14,16,19-20H2,1-5H3/b9-6-,11-10-,13-12+,15-7-,24-17+,28-18-. The Morgan fingerprint density at radius 1 is 1.04 bits per heavy atom. The first-order valence-corrected chi connectivity index (χ1v) is 11.4. The highest BCUT2D eigenvalue weighted by atomic mass is 14.6. The minimum atomic E-state index is 0.518. The summed E-state index contributed by atoms with van der Waals surface area (Å²) in [6, 6.07) is 0. The lowest BCUT2D eigenvalue weighted by Crippen LogP contribution is -2.30. The highest BCUT2D eigenvalue weighted by Gasteiger charge is 2.52. The molecule has 1 nitrogen and oxygen atoms in total. The zero-order valence-corrected chi connectivity index (χ0v) is 18.7. The minimum Gasteiger partial charge on any atom is -0.297 e. The summed E-state index contributed by atoms with van der Waals surface area (Å²) in [6.45, 7) is 8.95. The Hall–Kier alpha value is -1.63. The van der Waals surface area contributed by atoms with Gasteiger partial charge in [-0.1, -0.05) is 74.4 Å². The number of rotatable bonds is 10. The van der Waals surface area contributed by atoms with Crippen LogP contribution in [0.4, 0.5) is 0 Å². The van der Waals surface area contributed by atoms with Gasteiger partial charge in [-0.3, -0.25) is 4.99 Å². The van der Waals surface area contributed by atoms with E-state index in [1.807, 2.05) is 13.3 Å². The lowest BCUT2D eigenvalue weighted by atomic mass is 9.67. The molecule has 0 N–H and O–H groups in total. The van der Waals surface area contributed by atoms with E-state index in [4.69, 9.17) is 0 Å². The van der Waals surface area contributed by atoms with Crippen molar-refractivity contribution in [2.75, 3.05) is 7.05 Å². The van der Waals surface area contributed by atoms with Crippen LogP contribution >= 0.6 is 0 Å². The lowest BCUT2D eigenvalue weighted by molar-refractivity contribution is 0.162. The van der Waals surface area contributed by atoms with Gasteiger partial charge >= 0.3 is 0 Å². The van der Waals surface area contributed by atoms with E-state index in [0.29, 0.717) is 5.92 Å². The molecule has 6 atom stereocenters. The molecule has 0 saturated heterocycles. The molecule has 2 saturated carbocycles. The van der Waals surface area contributed by atoms with E-state index in [1.165, 1.54) is 32.1 Å². The quantitative estimate of drug-likeness (QED) is 0.210. The lowest BCUT2D eigenvalue weighted by Gasteiger charge is -2.38. The summed E-state index contributed by atoms with van der Waals surface area (Å²) in [6.07, 6.45) is 28.6. The largest absolute Gasteiger partial charge is 0.297 e. The van der Waals surface area contributed by atoms with Gasteiger partial charge in [0.05, 0.1) is 0 Å². The molecular formula is C27H41N. The van der Waals surface area contributed by atoms with Gasteiger partial charge in [0, 0.05) is 13.3 Å². The molecule has 28 heavy (non-hydrogen) atoms. The van der Waals surface area contributed by atoms with Crippen molar-refractivity contribution >= 4 is 6.21 Å². The molecule has 1 heteroatoms. The summed E-state index contributed by atoms with van der Waals surface area (Å²) in [4.78, 5) is 4.25. The van der Waals surface area contributed by atoms with E-state index in [-0.39, 0.29) is 0 Å². The van der Waals surface area contributed by atoms with Crippen molar-refractivity contribution in [3.8, 4) is 0 Å². The van der Waals surface area contributed by atoms with Crippen molar-refractivity contribution in [1.82, 2.24) is 0 Å². The number of hydrogen-bond donors (Lipinski definition) is 0. The van der Waals surface area contributed by atoms with Gasteiger partial charge in [0.2, 0.25) is 0 Å². The molecular weight excluding hydrogens is 338 g/mol. The molecule has 0 radical (unpaired) electrons. The molecule has 2 fully saturated rings. The Morgan fingerprint density at radius 3 is 2.50 bits per heavy atom. The van der Waals surface area contributed by atoms with Gasteiger partial charge in [0.15, 0.2) is 0 Å². The summed E-state index contributed by atoms with van der Waals surface area (Å²) in [5, 5.41) is 0. The Balaban J connectivity index is 2.09. The van der Waals surface area contributed by atoms with Crippen LogP contribution in [0, 0.1) is 35.5 Å². The normalized spacial score (nSPS) is 32.3. The fourth-order valence-electron chi connectivity index (χ4n) is 5.92. The van der Waals surface area contributed by atoms with Crippen LogP contribution in [0.1, 0.15) is 59.8 Å². The summed E-state index contributed by atoms with van der Waals surface area (Å²) in [5.41, 5.74) is 1.61. The highest BCUT2D eigenvalue weighted by Crippen LogP contribution is 2.60. The molecule has 0 aromatic carbocycles. The molecule has 0 heterocycles. The van der Waals surface area contributed by atoms with Gasteiger partial charge in [-0.05, 0) is 81.1 Å². The molecule has 154 valence electrons. The topological polar surface area (TPSA) is 12.4 Å². The smallest absolute Gasteiger partial charge is 0.0277 e. The number of nitrogens with zero attached hydrogens (tertiary/aromatic N) is 1. The second kappa shape index (κ2) is 12.0. The second-order valence-corrected chi connectivity index (χ2v) is 8.54. The average Bonchev–Trinajstić information content (AvgIpc) is 3.26. The van der Waals surface area contributed by atoms with E-state index in [9.17, 15) is 0 Å². The summed E-state index contributed by atoms with van der Waals surface area (Å²) in [5.74, 6) is 4.89. The third kappa shape index (κ3) is 5.69. The Kier molecular flexibility index (Phi) is 9.75. The summed E-state index contributed by atoms with van der Waals surface area (Å²) < 4.78 is 0. The van der Waals surface area contributed by atoms with Crippen LogP contribution < -0.4 is 0 Å². The molecule has 0 spiro atoms. The third-order valence-electron chi connectivity index (χ3n) is 7.00. The van der Waals surface area contributed by atoms with Crippen molar-refractivity contribution in [1.29, 1.82) is 0 Å². The fourth-order valence-corrected chi connectivity index (χ4v) is 5.92. The van der Waals surface area contributed by atoms with Crippen molar-refractivity contribution in [2.45, 2.75) is 59.8 Å². The highest BCUT2D eigenvalue weighted by molar-refractivity contribution is 5.72. The van der Waals surface area contributed by atoms with Crippen LogP contribution in [0.15, 0.2) is 65.2 Å². The van der Waals surface area contributed by atoms with Gasteiger partial charge in [0.25, 0.3) is 0 Å². The van der Waals surface area contributed by atoms with Gasteiger partial charge in [-0.25, -0.2) is 0 Å². The number of aliphatic imine (C=N–C) groups is 1. The zero-order chi connectivity index (χ0) is 20.4. The van der Waals surface area contributed by atoms with Crippen LogP contribution in [0.25, 0.3) is 0 Å². The first-order valence-electron chi connectivity index (χ1n) is 11.4. The van der Waals surface area contributed by atoms with Gasteiger partial charge < -0.3 is 0 Å². The van der Waals surface area contributed by atoms with E-state index >= 15 is 0 Å². The monoisotopic (exact) mass is 379 g/mol. The number of allylic oxidation sites excluding steroid dienone is 10. The van der Waals surface area contributed by atoms with Crippen molar-refractivity contribution in [3.05, 3.63) is 60.3 Å². The molecule has 0 aromatic heterocycles. The predicted molar refractivity (Wildman–Crippen MR) is 126 cm³/mol. The Bertz CT molecular complexity index is 631. The zero-order valence-electron chi connectivity index (χ0n) is 18.7. The Morgan fingerprint density at radius 2 is 1.82 bits per heavy atom. The van der Waals surface area contributed by atoms with Crippen LogP contribution in [-0.2, 0) is 0 Å². The number of hydrogen-bond acceptors (Lipinski definition) is 1. The van der Waals surface area contributed by atoms with Gasteiger partial charge in [0.1, 0.15) is 0 Å². The number of fused-ring (bicyclic) bond motifs is 2. The summed E-state index contributed by atoms with van der Waals surface area (Å²) >= 11 is 0. The van der Waals surface area contributed by atoms with Crippen LogP contribution in [0.3, 0.4) is 0 Å². The minimum absolute atomic E-state index is 0.518. The fraction of sp³-hybridized carbons (Fsp3) is 0.593. The maximum atomic E-state index is 4.25. The molecule has 0 amide bonds. The average molecular weight is 380 g/mol. The van der Waals surface area contributed by atoms with Crippen LogP contribution in [0.5, 0.6) is 0 Å². The van der Waals surface area contributed by atoms with E-state index in [1.54, 1.807) is 5.57 Å². The molecule has 6 unspecified atom stereocenters. The van der Waals surface area contributed by atoms with Crippen molar-refractivity contribution < 1.29 is 0 Å². The van der Waals surface area contributed by atoms with E-state index < -0.39 is 0 Å². The maximum absolute atomic E-state index is 4.25. The first kappa shape index (κ1) is 22.7. The summed E-state index contributed by atoms with van der Waals surface area (Å²) in [7, 11) is 1.88. The molecule has 2 rings (SSSR count). The molecule has 2 aliphatic rings. The molecule has 0 aromatic rings. The van der Waals surface area contributed by atoms with Crippen LogP contribution in [0.2, 0.25) is 0 Å². The molecule has 2 bridgehead atoms. The van der Waals surface area contributed by atoms with Crippen molar-refractivity contribution in [3.63, 3.8) is 0 Å². The molecule has 0 aliphatic heterocycles. The van der Waals surface area contributed by atoms with Gasteiger partial charge in [-0.2, -0.15) is 0 Å². The van der Waals surface area contributed by atoms with E-state index in [2.05, 4.69) is 87.4 Å². The molecule has 2 aliphatic carbocycles. The van der Waals surface area contributed by atoms with Gasteiger partial charge in [-0.15, -0.1) is 0 Å². The SMILES string of the molecule is C\C=C/C=C\C=C\CCC1C(CC)C2CC(/C(=C/C=N\C)C(C)/C=C\C)C1C2. The second-order valence-electron chi connectivity index (χ2n) is 8.54. The van der Waals surface area contributed by atoms with Crippen molar-refractivity contribution in [2.24, 2.45) is 40.5 Å². The Labute approximate surface area is 174 Å². The first-order chi connectivity index (χ1) is 13.7. The third-order valence-corrected chi connectivity index (χ3v) is 7.00.